The Morgan fingerprint density at radius 1 is 0.358 bits per heavy atom. The number of hydrogen-bond acceptors (Lipinski definition) is 3. The van der Waals surface area contributed by atoms with Gasteiger partial charge < -0.3 is 0 Å². The van der Waals surface area contributed by atoms with Crippen LogP contribution >= 0.6 is 0 Å². The molecule has 4 heteroatoms. The molecule has 1 aliphatic heterocycles. The van der Waals surface area contributed by atoms with Crippen molar-refractivity contribution in [2.24, 2.45) is 0 Å². The Balaban J connectivity index is 1.14. The Labute approximate surface area is 310 Å². The standard InChI is InChI=1S/C49H35N3Si/c1-53(2)44-29-28-35-15-8-9-19-41(35)45(44)42-20-11-21-43(46(42)53)49-51-47(50-48(52-49)40-18-10-17-38(31-40)32-12-4-3-5-13-32)36-25-22-34(23-26-36)39-27-24-33-14-6-7-16-37(33)30-39/h3-31H,1-2H3. The van der Waals surface area contributed by atoms with Crippen LogP contribution in [-0.2, 0) is 0 Å². The van der Waals surface area contributed by atoms with Gasteiger partial charge in [-0.2, -0.15) is 0 Å². The molecule has 1 aromatic heterocycles. The number of hydrogen-bond donors (Lipinski definition) is 0. The molecular formula is C49H35N3Si. The van der Waals surface area contributed by atoms with Crippen LogP contribution in [0.15, 0.2) is 176 Å². The Kier molecular flexibility index (Phi) is 7.27. The Bertz CT molecular complexity index is 2860. The average molecular weight is 694 g/mol. The van der Waals surface area contributed by atoms with Gasteiger partial charge in [-0.05, 0) is 77.4 Å². The van der Waals surface area contributed by atoms with E-state index in [0.29, 0.717) is 17.5 Å². The zero-order chi connectivity index (χ0) is 35.5. The molecule has 0 unspecified atom stereocenters. The summed E-state index contributed by atoms with van der Waals surface area (Å²) >= 11 is 0. The molecule has 3 nitrogen and oxygen atoms in total. The molecule has 0 atom stereocenters. The predicted octanol–water partition coefficient (Wildman–Crippen LogP) is 11.3. The third-order valence-corrected chi connectivity index (χ3v) is 14.4. The summed E-state index contributed by atoms with van der Waals surface area (Å²) in [5, 5.41) is 7.90. The fourth-order valence-corrected chi connectivity index (χ4v) is 11.7. The summed E-state index contributed by atoms with van der Waals surface area (Å²) in [6, 6.07) is 62.9. The van der Waals surface area contributed by atoms with E-state index in [2.05, 4.69) is 183 Å². The van der Waals surface area contributed by atoms with Crippen molar-refractivity contribution in [2.45, 2.75) is 13.1 Å². The van der Waals surface area contributed by atoms with Crippen LogP contribution in [-0.4, -0.2) is 23.0 Å². The molecule has 53 heavy (non-hydrogen) atoms. The van der Waals surface area contributed by atoms with Crippen molar-refractivity contribution in [3.8, 4) is 67.5 Å². The molecule has 9 aromatic rings. The van der Waals surface area contributed by atoms with Crippen LogP contribution in [0.4, 0.5) is 0 Å². The van der Waals surface area contributed by atoms with Gasteiger partial charge in [0.1, 0.15) is 8.07 Å². The highest BCUT2D eigenvalue weighted by molar-refractivity contribution is 7.04. The van der Waals surface area contributed by atoms with Crippen LogP contribution in [0.2, 0.25) is 13.1 Å². The van der Waals surface area contributed by atoms with Crippen molar-refractivity contribution in [3.05, 3.63) is 176 Å². The van der Waals surface area contributed by atoms with E-state index < -0.39 is 8.07 Å². The summed E-state index contributed by atoms with van der Waals surface area (Å²) in [6.45, 7) is 4.93. The van der Waals surface area contributed by atoms with Gasteiger partial charge in [-0.25, -0.2) is 15.0 Å². The topological polar surface area (TPSA) is 38.7 Å². The molecule has 1 aliphatic rings. The van der Waals surface area contributed by atoms with Crippen molar-refractivity contribution in [1.82, 2.24) is 15.0 Å². The van der Waals surface area contributed by atoms with Crippen LogP contribution in [0.25, 0.3) is 89.1 Å². The fourth-order valence-electron chi connectivity index (χ4n) is 8.24. The maximum atomic E-state index is 5.30. The summed E-state index contributed by atoms with van der Waals surface area (Å²) in [5.74, 6) is 2.04. The van der Waals surface area contributed by atoms with E-state index in [1.807, 2.05) is 6.07 Å². The molecule has 0 amide bonds. The minimum atomic E-state index is -2.14. The summed E-state index contributed by atoms with van der Waals surface area (Å²) in [5.41, 5.74) is 10.3. The van der Waals surface area contributed by atoms with Gasteiger partial charge in [0, 0.05) is 16.7 Å². The van der Waals surface area contributed by atoms with Crippen molar-refractivity contribution in [3.63, 3.8) is 0 Å². The van der Waals surface area contributed by atoms with E-state index in [4.69, 9.17) is 15.0 Å². The van der Waals surface area contributed by atoms with E-state index in [9.17, 15) is 0 Å². The molecular weight excluding hydrogens is 659 g/mol. The highest BCUT2D eigenvalue weighted by Crippen LogP contribution is 2.38. The Morgan fingerprint density at radius 2 is 0.906 bits per heavy atom. The van der Waals surface area contributed by atoms with Gasteiger partial charge in [-0.3, -0.25) is 0 Å². The number of benzene rings is 8. The van der Waals surface area contributed by atoms with E-state index in [0.717, 1.165) is 33.4 Å². The first kappa shape index (κ1) is 31.3. The van der Waals surface area contributed by atoms with E-state index in [-0.39, 0.29) is 0 Å². The lowest BCUT2D eigenvalue weighted by Crippen LogP contribution is -2.50. The fraction of sp³-hybridized carbons (Fsp3) is 0.0408. The molecule has 0 bridgehead atoms. The first-order valence-corrected chi connectivity index (χ1v) is 21.2. The lowest BCUT2D eigenvalue weighted by Gasteiger charge is -2.22. The van der Waals surface area contributed by atoms with Crippen molar-refractivity contribution in [2.75, 3.05) is 0 Å². The smallest absolute Gasteiger partial charge is 0.164 e. The minimum Gasteiger partial charge on any atom is -0.208 e. The molecule has 0 aliphatic carbocycles. The number of aromatic nitrogens is 3. The van der Waals surface area contributed by atoms with E-state index in [1.54, 1.807) is 0 Å². The largest absolute Gasteiger partial charge is 0.208 e. The monoisotopic (exact) mass is 693 g/mol. The number of nitrogens with zero attached hydrogens (tertiary/aromatic N) is 3. The second-order valence-electron chi connectivity index (χ2n) is 14.5. The van der Waals surface area contributed by atoms with Gasteiger partial charge in [0.15, 0.2) is 17.5 Å². The van der Waals surface area contributed by atoms with Crippen LogP contribution in [0, 0.1) is 0 Å². The lowest BCUT2D eigenvalue weighted by atomic mass is 9.97. The second kappa shape index (κ2) is 12.3. The molecule has 0 spiro atoms. The third-order valence-electron chi connectivity index (χ3n) is 10.9. The molecule has 0 saturated heterocycles. The second-order valence-corrected chi connectivity index (χ2v) is 18.7. The summed E-state index contributed by atoms with van der Waals surface area (Å²) < 4.78 is 0. The maximum absolute atomic E-state index is 5.30. The highest BCUT2D eigenvalue weighted by Gasteiger charge is 2.40. The first-order chi connectivity index (χ1) is 26.0. The molecule has 10 rings (SSSR count). The van der Waals surface area contributed by atoms with Crippen molar-refractivity contribution >= 4 is 40.0 Å². The molecule has 250 valence electrons. The molecule has 0 fully saturated rings. The summed E-state index contributed by atoms with van der Waals surface area (Å²) in [6.07, 6.45) is 0. The van der Waals surface area contributed by atoms with Gasteiger partial charge in [-0.15, -0.1) is 0 Å². The van der Waals surface area contributed by atoms with Crippen LogP contribution < -0.4 is 10.4 Å². The zero-order valence-electron chi connectivity index (χ0n) is 29.6. The van der Waals surface area contributed by atoms with Crippen molar-refractivity contribution in [1.29, 1.82) is 0 Å². The van der Waals surface area contributed by atoms with Gasteiger partial charge in [0.2, 0.25) is 0 Å². The lowest BCUT2D eigenvalue weighted by molar-refractivity contribution is 1.08. The normalized spacial score (nSPS) is 12.9. The van der Waals surface area contributed by atoms with Gasteiger partial charge >= 0.3 is 0 Å². The first-order valence-electron chi connectivity index (χ1n) is 18.2. The molecule has 0 N–H and O–H groups in total. The number of rotatable bonds is 5. The van der Waals surface area contributed by atoms with Crippen LogP contribution in [0.1, 0.15) is 0 Å². The molecule has 8 aromatic carbocycles. The average Bonchev–Trinajstić information content (AvgIpc) is 3.47. The molecule has 2 heterocycles. The maximum Gasteiger partial charge on any atom is 0.164 e. The van der Waals surface area contributed by atoms with E-state index >= 15 is 0 Å². The zero-order valence-corrected chi connectivity index (χ0v) is 30.6. The Hall–Kier alpha value is -6.49. The van der Waals surface area contributed by atoms with Gasteiger partial charge in [0.25, 0.3) is 0 Å². The number of fused-ring (bicyclic) bond motifs is 6. The predicted molar refractivity (Wildman–Crippen MR) is 224 cm³/mol. The minimum absolute atomic E-state index is 0.665. The summed E-state index contributed by atoms with van der Waals surface area (Å²) in [7, 11) is -2.14. The van der Waals surface area contributed by atoms with Crippen molar-refractivity contribution < 1.29 is 0 Å². The van der Waals surface area contributed by atoms with Crippen LogP contribution in [0.3, 0.4) is 0 Å². The highest BCUT2D eigenvalue weighted by atomic mass is 28.3. The third kappa shape index (κ3) is 5.30. The van der Waals surface area contributed by atoms with Gasteiger partial charge in [-0.1, -0.05) is 177 Å². The molecule has 0 radical (unpaired) electrons. The summed E-state index contributed by atoms with van der Waals surface area (Å²) in [4.78, 5) is 15.8. The van der Waals surface area contributed by atoms with Crippen LogP contribution in [0.5, 0.6) is 0 Å². The van der Waals surface area contributed by atoms with Gasteiger partial charge in [0.05, 0.1) is 0 Å². The Morgan fingerprint density at radius 3 is 1.74 bits per heavy atom. The quantitative estimate of drug-likeness (QED) is 0.168. The SMILES string of the molecule is C[Si]1(C)c2ccc3ccccc3c2-c2cccc(-c3nc(-c4ccc(-c5ccc6ccccc6c5)cc4)nc(-c4cccc(-c5ccccc5)c4)n3)c21. The van der Waals surface area contributed by atoms with E-state index in [1.165, 1.54) is 48.6 Å². The molecule has 0 saturated carbocycles.